The fraction of sp³-hybridized carbons (Fsp3) is 0.273. The predicted molar refractivity (Wildman–Crippen MR) is 59.2 cm³/mol. The molecule has 0 saturated carbocycles. The second kappa shape index (κ2) is 4.89. The minimum absolute atomic E-state index is 0.317. The molecule has 1 rings (SSSR count). The van der Waals surface area contributed by atoms with Gasteiger partial charge in [0.05, 0.1) is 10.6 Å². The first kappa shape index (κ1) is 13.1. The smallest absolute Gasteiger partial charge is 0.330 e. The van der Waals surface area contributed by atoms with E-state index in [9.17, 15) is 13.2 Å². The molecule has 0 fully saturated rings. The van der Waals surface area contributed by atoms with Gasteiger partial charge in [0.2, 0.25) is 0 Å². The highest BCUT2D eigenvalue weighted by molar-refractivity contribution is 6.31. The van der Waals surface area contributed by atoms with Crippen molar-refractivity contribution in [2.24, 2.45) is 5.73 Å². The fourth-order valence-electron chi connectivity index (χ4n) is 1.28. The molecule has 0 spiro atoms. The highest BCUT2D eigenvalue weighted by Crippen LogP contribution is 2.35. The van der Waals surface area contributed by atoms with E-state index in [1.807, 2.05) is 0 Å². The highest BCUT2D eigenvalue weighted by atomic mass is 35.5. The fourth-order valence-corrected chi connectivity index (χ4v) is 1.57. The van der Waals surface area contributed by atoms with Crippen molar-refractivity contribution >= 4 is 17.2 Å². The summed E-state index contributed by atoms with van der Waals surface area (Å²) >= 11 is 5.57. The summed E-state index contributed by atoms with van der Waals surface area (Å²) in [4.78, 5) is 0. The van der Waals surface area contributed by atoms with Crippen LogP contribution in [0, 0.1) is 0 Å². The second-order valence-electron chi connectivity index (χ2n) is 3.33. The van der Waals surface area contributed by atoms with Crippen molar-refractivity contribution in [1.82, 2.24) is 0 Å². The molecule has 1 nitrogen and oxygen atoms in total. The van der Waals surface area contributed by atoms with Gasteiger partial charge in [0.15, 0.2) is 0 Å². The lowest BCUT2D eigenvalue weighted by Crippen LogP contribution is -2.06. The van der Waals surface area contributed by atoms with E-state index in [0.717, 1.165) is 6.07 Å². The Labute approximate surface area is 96.7 Å². The van der Waals surface area contributed by atoms with Crippen LogP contribution in [0.25, 0.3) is 5.57 Å². The van der Waals surface area contributed by atoms with Crippen LogP contribution in [0.3, 0.4) is 0 Å². The molecule has 88 valence electrons. The Hall–Kier alpha value is -1.00. The zero-order valence-electron chi connectivity index (χ0n) is 8.44. The van der Waals surface area contributed by atoms with Crippen LogP contribution in [0.2, 0.25) is 5.02 Å². The van der Waals surface area contributed by atoms with Gasteiger partial charge < -0.3 is 5.73 Å². The van der Waals surface area contributed by atoms with Gasteiger partial charge in [-0.05, 0) is 36.2 Å². The molecule has 0 aliphatic heterocycles. The van der Waals surface area contributed by atoms with Crippen molar-refractivity contribution in [3.05, 3.63) is 40.9 Å². The van der Waals surface area contributed by atoms with Crippen LogP contribution in [0.5, 0.6) is 0 Å². The molecule has 0 aliphatic rings. The number of rotatable bonds is 3. The summed E-state index contributed by atoms with van der Waals surface area (Å²) < 4.78 is 37.2. The molecule has 0 aromatic heterocycles. The average molecular weight is 250 g/mol. The maximum atomic E-state index is 12.4. The van der Waals surface area contributed by atoms with E-state index in [1.54, 1.807) is 0 Å². The van der Waals surface area contributed by atoms with Gasteiger partial charge in [0.25, 0.3) is 0 Å². The number of hydrogen-bond donors (Lipinski definition) is 1. The molecule has 1 aromatic carbocycles. The Balaban J connectivity index is 3.05. The van der Waals surface area contributed by atoms with E-state index in [2.05, 4.69) is 6.58 Å². The van der Waals surface area contributed by atoms with Crippen LogP contribution in [0.15, 0.2) is 24.8 Å². The lowest BCUT2D eigenvalue weighted by atomic mass is 10.0. The number of halogens is 4. The minimum Gasteiger partial charge on any atom is -0.330 e. The highest BCUT2D eigenvalue weighted by Gasteiger charge is 2.33. The van der Waals surface area contributed by atoms with Crippen LogP contribution in [0.1, 0.15) is 17.5 Å². The third kappa shape index (κ3) is 3.00. The van der Waals surface area contributed by atoms with E-state index >= 15 is 0 Å². The first-order valence-corrected chi connectivity index (χ1v) is 4.99. The van der Waals surface area contributed by atoms with Crippen molar-refractivity contribution in [3.63, 3.8) is 0 Å². The average Bonchev–Trinajstić information content (AvgIpc) is 2.16. The molecule has 0 aliphatic carbocycles. The van der Waals surface area contributed by atoms with Gasteiger partial charge >= 0.3 is 6.18 Å². The Kier molecular flexibility index (Phi) is 3.99. The molecule has 0 heterocycles. The van der Waals surface area contributed by atoms with Crippen LogP contribution >= 0.6 is 11.6 Å². The number of alkyl halides is 3. The molecule has 0 atom stereocenters. The lowest BCUT2D eigenvalue weighted by Gasteiger charge is -2.11. The van der Waals surface area contributed by atoms with Crippen LogP contribution < -0.4 is 5.73 Å². The summed E-state index contributed by atoms with van der Waals surface area (Å²) in [6.45, 7) is 4.13. The third-order valence-corrected chi connectivity index (χ3v) is 2.44. The van der Waals surface area contributed by atoms with Crippen molar-refractivity contribution in [2.75, 3.05) is 6.54 Å². The van der Waals surface area contributed by atoms with Crippen molar-refractivity contribution < 1.29 is 13.2 Å². The molecular formula is C11H11ClF3N. The normalized spacial score (nSPS) is 11.6. The summed E-state index contributed by atoms with van der Waals surface area (Å²) in [5.41, 5.74) is 5.76. The minimum atomic E-state index is -4.43. The van der Waals surface area contributed by atoms with Gasteiger partial charge in [-0.2, -0.15) is 13.2 Å². The third-order valence-electron chi connectivity index (χ3n) is 2.13. The summed E-state index contributed by atoms with van der Waals surface area (Å²) in [6, 6.07) is 3.58. The van der Waals surface area contributed by atoms with Gasteiger partial charge in [-0.1, -0.05) is 24.2 Å². The molecule has 0 saturated heterocycles. The van der Waals surface area contributed by atoms with Crippen molar-refractivity contribution in [1.29, 1.82) is 0 Å². The molecule has 5 heteroatoms. The summed E-state index contributed by atoms with van der Waals surface area (Å²) in [5.74, 6) is 0. The standard InChI is InChI=1S/C11H11ClF3N/c1-7(4-5-16)8-2-3-9(10(12)6-8)11(13,14)15/h2-3,6H,1,4-5,16H2. The van der Waals surface area contributed by atoms with E-state index in [-0.39, 0.29) is 5.02 Å². The lowest BCUT2D eigenvalue weighted by molar-refractivity contribution is -0.137. The Morgan fingerprint density at radius 3 is 2.44 bits per heavy atom. The first-order chi connectivity index (χ1) is 7.36. The molecule has 1 aromatic rings. The SMILES string of the molecule is C=C(CCN)c1ccc(C(F)(F)F)c(Cl)c1. The van der Waals surface area contributed by atoms with Gasteiger partial charge in [-0.3, -0.25) is 0 Å². The molecular weight excluding hydrogens is 239 g/mol. The van der Waals surface area contributed by atoms with Crippen LogP contribution in [-0.2, 0) is 6.18 Å². The molecule has 0 bridgehead atoms. The molecule has 0 unspecified atom stereocenters. The monoisotopic (exact) mass is 249 g/mol. The number of nitrogens with two attached hydrogens (primary N) is 1. The Bertz CT molecular complexity index is 399. The summed E-state index contributed by atoms with van der Waals surface area (Å²) in [6.07, 6.45) is -3.90. The topological polar surface area (TPSA) is 26.0 Å². The van der Waals surface area contributed by atoms with E-state index < -0.39 is 11.7 Å². The van der Waals surface area contributed by atoms with E-state index in [4.69, 9.17) is 17.3 Å². The molecule has 16 heavy (non-hydrogen) atoms. The van der Waals surface area contributed by atoms with E-state index in [0.29, 0.717) is 24.1 Å². The maximum Gasteiger partial charge on any atom is 0.417 e. The van der Waals surface area contributed by atoms with E-state index in [1.165, 1.54) is 12.1 Å². The molecule has 0 radical (unpaired) electrons. The van der Waals surface area contributed by atoms with Gasteiger partial charge in [-0.15, -0.1) is 0 Å². The zero-order chi connectivity index (χ0) is 12.3. The van der Waals surface area contributed by atoms with Gasteiger partial charge in [0, 0.05) is 0 Å². The van der Waals surface area contributed by atoms with Crippen LogP contribution in [0.4, 0.5) is 13.2 Å². The van der Waals surface area contributed by atoms with Gasteiger partial charge in [-0.25, -0.2) is 0 Å². The molecule has 0 amide bonds. The second-order valence-corrected chi connectivity index (χ2v) is 3.74. The summed E-state index contributed by atoms with van der Waals surface area (Å²) in [5, 5.41) is -0.317. The zero-order valence-corrected chi connectivity index (χ0v) is 9.20. The van der Waals surface area contributed by atoms with Crippen molar-refractivity contribution in [3.8, 4) is 0 Å². The maximum absolute atomic E-state index is 12.4. The number of hydrogen-bond acceptors (Lipinski definition) is 1. The Morgan fingerprint density at radius 2 is 2.00 bits per heavy atom. The van der Waals surface area contributed by atoms with Gasteiger partial charge in [0.1, 0.15) is 0 Å². The first-order valence-electron chi connectivity index (χ1n) is 4.61. The van der Waals surface area contributed by atoms with Crippen molar-refractivity contribution in [2.45, 2.75) is 12.6 Å². The summed E-state index contributed by atoms with van der Waals surface area (Å²) in [7, 11) is 0. The predicted octanol–water partition coefficient (Wildman–Crippen LogP) is 3.72. The Morgan fingerprint density at radius 1 is 1.38 bits per heavy atom. The number of benzene rings is 1. The molecule has 2 N–H and O–H groups in total. The largest absolute Gasteiger partial charge is 0.417 e. The van der Waals surface area contributed by atoms with Crippen LogP contribution in [-0.4, -0.2) is 6.54 Å². The quantitative estimate of drug-likeness (QED) is 0.868.